The van der Waals surface area contributed by atoms with Crippen LogP contribution < -0.4 is 5.32 Å². The van der Waals surface area contributed by atoms with Gasteiger partial charge in [-0.1, -0.05) is 19.3 Å². The largest absolute Gasteiger partial charge is 0.356 e. The number of thiazole rings is 1. The highest BCUT2D eigenvalue weighted by atomic mass is 32.1. The third-order valence-corrected chi connectivity index (χ3v) is 5.55. The summed E-state index contributed by atoms with van der Waals surface area (Å²) < 4.78 is 0. The lowest BCUT2D eigenvalue weighted by Crippen LogP contribution is -2.29. The molecule has 0 unspecified atom stereocenters. The molecule has 0 radical (unpaired) electrons. The second-order valence-electron chi connectivity index (χ2n) is 6.00. The summed E-state index contributed by atoms with van der Waals surface area (Å²) >= 11 is 1.69. The van der Waals surface area contributed by atoms with E-state index in [0.29, 0.717) is 17.2 Å². The maximum absolute atomic E-state index is 12.1. The van der Waals surface area contributed by atoms with Crippen LogP contribution in [-0.2, 0) is 11.2 Å². The van der Waals surface area contributed by atoms with Gasteiger partial charge in [-0.05, 0) is 31.1 Å². The zero-order valence-electron chi connectivity index (χ0n) is 11.4. The summed E-state index contributed by atoms with van der Waals surface area (Å²) in [6.45, 7) is 0.797. The SMILES string of the molecule is O=C(NCCCc1nccs1)[C@H]1CC12CCCCC2. The van der Waals surface area contributed by atoms with Gasteiger partial charge in [-0.25, -0.2) is 4.98 Å². The number of nitrogens with one attached hydrogen (secondary N) is 1. The summed E-state index contributed by atoms with van der Waals surface area (Å²) in [6.07, 6.45) is 11.5. The Morgan fingerprint density at radius 3 is 3.00 bits per heavy atom. The van der Waals surface area contributed by atoms with Crippen LogP contribution >= 0.6 is 11.3 Å². The Labute approximate surface area is 118 Å². The minimum absolute atomic E-state index is 0.307. The van der Waals surface area contributed by atoms with Crippen LogP contribution in [0, 0.1) is 11.3 Å². The monoisotopic (exact) mass is 278 g/mol. The number of carbonyl (C=O) groups is 1. The number of rotatable bonds is 5. The van der Waals surface area contributed by atoms with Crippen LogP contribution in [0.3, 0.4) is 0 Å². The molecule has 2 saturated carbocycles. The molecule has 0 aliphatic heterocycles. The standard InChI is InChI=1S/C15H22N2OS/c18-14(12-11-15(12)6-2-1-3-7-15)17-8-4-5-13-16-9-10-19-13/h9-10,12H,1-8,11H2,(H,17,18)/t12-/m1/s1. The average Bonchev–Trinajstić information content (AvgIpc) is 2.89. The van der Waals surface area contributed by atoms with Gasteiger partial charge in [0.2, 0.25) is 5.91 Å². The number of carbonyl (C=O) groups excluding carboxylic acids is 1. The van der Waals surface area contributed by atoms with E-state index in [1.54, 1.807) is 11.3 Å². The number of amides is 1. The maximum atomic E-state index is 12.1. The number of hydrogen-bond donors (Lipinski definition) is 1. The van der Waals surface area contributed by atoms with E-state index in [0.717, 1.165) is 25.8 Å². The van der Waals surface area contributed by atoms with E-state index in [1.807, 2.05) is 11.6 Å². The first kappa shape index (κ1) is 13.1. The number of aromatic nitrogens is 1. The molecule has 2 aliphatic carbocycles. The molecule has 1 heterocycles. The summed E-state index contributed by atoms with van der Waals surface area (Å²) in [5.74, 6) is 0.633. The first-order valence-electron chi connectivity index (χ1n) is 7.46. The quantitative estimate of drug-likeness (QED) is 0.841. The van der Waals surface area contributed by atoms with Crippen LogP contribution in [-0.4, -0.2) is 17.4 Å². The highest BCUT2D eigenvalue weighted by molar-refractivity contribution is 7.09. The summed E-state index contributed by atoms with van der Waals surface area (Å²) in [5, 5.41) is 6.29. The number of aryl methyl sites for hydroxylation is 1. The molecule has 3 nitrogen and oxygen atoms in total. The molecule has 2 fully saturated rings. The third-order valence-electron chi connectivity index (χ3n) is 4.71. The zero-order valence-corrected chi connectivity index (χ0v) is 12.2. The van der Waals surface area contributed by atoms with Crippen LogP contribution in [0.4, 0.5) is 0 Å². The van der Waals surface area contributed by atoms with Gasteiger partial charge in [0.25, 0.3) is 0 Å². The molecule has 104 valence electrons. The first-order chi connectivity index (χ1) is 9.30. The van der Waals surface area contributed by atoms with E-state index in [2.05, 4.69) is 10.3 Å². The average molecular weight is 278 g/mol. The Kier molecular flexibility index (Phi) is 3.87. The lowest BCUT2D eigenvalue weighted by Gasteiger charge is -2.22. The minimum atomic E-state index is 0.307. The summed E-state index contributed by atoms with van der Waals surface area (Å²) in [4.78, 5) is 16.4. The van der Waals surface area contributed by atoms with E-state index in [4.69, 9.17) is 0 Å². The number of hydrogen-bond acceptors (Lipinski definition) is 3. The topological polar surface area (TPSA) is 42.0 Å². The Balaban J connectivity index is 1.36. The van der Waals surface area contributed by atoms with Crippen molar-refractivity contribution in [1.82, 2.24) is 10.3 Å². The fourth-order valence-electron chi connectivity index (χ4n) is 3.48. The van der Waals surface area contributed by atoms with E-state index in [-0.39, 0.29) is 0 Å². The molecule has 1 spiro atoms. The lowest BCUT2D eigenvalue weighted by atomic mass is 9.84. The summed E-state index contributed by atoms with van der Waals surface area (Å²) in [6, 6.07) is 0. The molecule has 0 saturated heterocycles. The van der Waals surface area contributed by atoms with Crippen LogP contribution in [0.2, 0.25) is 0 Å². The molecule has 19 heavy (non-hydrogen) atoms. The van der Waals surface area contributed by atoms with E-state index < -0.39 is 0 Å². The molecule has 4 heteroatoms. The van der Waals surface area contributed by atoms with Crippen LogP contribution in [0.1, 0.15) is 50.0 Å². The highest BCUT2D eigenvalue weighted by Crippen LogP contribution is 2.61. The Morgan fingerprint density at radius 1 is 1.42 bits per heavy atom. The third kappa shape index (κ3) is 2.99. The van der Waals surface area contributed by atoms with Crippen molar-refractivity contribution in [3.8, 4) is 0 Å². The molecule has 1 atom stereocenters. The molecular formula is C15H22N2OS. The van der Waals surface area contributed by atoms with Crippen molar-refractivity contribution >= 4 is 17.2 Å². The second kappa shape index (κ2) is 5.61. The Hall–Kier alpha value is -0.900. The lowest BCUT2D eigenvalue weighted by molar-refractivity contribution is -0.123. The molecule has 1 aromatic rings. The van der Waals surface area contributed by atoms with Crippen molar-refractivity contribution in [1.29, 1.82) is 0 Å². The smallest absolute Gasteiger partial charge is 0.223 e. The van der Waals surface area contributed by atoms with E-state index in [9.17, 15) is 4.79 Å². The van der Waals surface area contributed by atoms with Gasteiger partial charge in [0.1, 0.15) is 0 Å². The zero-order chi connectivity index (χ0) is 13.1. The molecular weight excluding hydrogens is 256 g/mol. The Bertz CT molecular complexity index is 423. The van der Waals surface area contributed by atoms with E-state index in [1.165, 1.54) is 37.1 Å². The van der Waals surface area contributed by atoms with E-state index >= 15 is 0 Å². The summed E-state index contributed by atoms with van der Waals surface area (Å²) in [7, 11) is 0. The predicted octanol–water partition coefficient (Wildman–Crippen LogP) is 3.16. The molecule has 2 aliphatic rings. The molecule has 1 amide bonds. The van der Waals surface area contributed by atoms with Crippen molar-refractivity contribution in [3.05, 3.63) is 16.6 Å². The van der Waals surface area contributed by atoms with Crippen LogP contribution in [0.5, 0.6) is 0 Å². The molecule has 0 aromatic carbocycles. The van der Waals surface area contributed by atoms with Gasteiger partial charge < -0.3 is 5.32 Å². The van der Waals surface area contributed by atoms with Gasteiger partial charge in [0.05, 0.1) is 5.01 Å². The predicted molar refractivity (Wildman–Crippen MR) is 77.1 cm³/mol. The van der Waals surface area contributed by atoms with Crippen molar-refractivity contribution in [2.75, 3.05) is 6.54 Å². The van der Waals surface area contributed by atoms with Crippen molar-refractivity contribution in [2.24, 2.45) is 11.3 Å². The van der Waals surface area contributed by atoms with Gasteiger partial charge in [-0.2, -0.15) is 0 Å². The van der Waals surface area contributed by atoms with Crippen molar-refractivity contribution in [2.45, 2.75) is 51.4 Å². The summed E-state index contributed by atoms with van der Waals surface area (Å²) in [5.41, 5.74) is 0.414. The normalized spacial score (nSPS) is 24.3. The number of nitrogens with zero attached hydrogens (tertiary/aromatic N) is 1. The molecule has 0 bridgehead atoms. The first-order valence-corrected chi connectivity index (χ1v) is 8.34. The van der Waals surface area contributed by atoms with Crippen molar-refractivity contribution in [3.63, 3.8) is 0 Å². The highest BCUT2D eigenvalue weighted by Gasteiger charge is 2.57. The molecule has 3 rings (SSSR count). The minimum Gasteiger partial charge on any atom is -0.356 e. The van der Waals surface area contributed by atoms with Gasteiger partial charge in [-0.3, -0.25) is 4.79 Å². The Morgan fingerprint density at radius 2 is 2.26 bits per heavy atom. The van der Waals surface area contributed by atoms with Gasteiger partial charge in [-0.15, -0.1) is 11.3 Å². The van der Waals surface area contributed by atoms with Gasteiger partial charge in [0, 0.05) is 30.5 Å². The fourth-order valence-corrected chi connectivity index (χ4v) is 4.14. The fraction of sp³-hybridized carbons (Fsp3) is 0.733. The van der Waals surface area contributed by atoms with Gasteiger partial charge in [0.15, 0.2) is 0 Å². The van der Waals surface area contributed by atoms with Crippen LogP contribution in [0.25, 0.3) is 0 Å². The van der Waals surface area contributed by atoms with Gasteiger partial charge >= 0.3 is 0 Å². The molecule has 1 aromatic heterocycles. The second-order valence-corrected chi connectivity index (χ2v) is 6.98. The maximum Gasteiger partial charge on any atom is 0.223 e. The molecule has 1 N–H and O–H groups in total. The van der Waals surface area contributed by atoms with Crippen LogP contribution in [0.15, 0.2) is 11.6 Å². The van der Waals surface area contributed by atoms with Crippen molar-refractivity contribution < 1.29 is 4.79 Å².